The quantitative estimate of drug-likeness (QED) is 0.611. The number of aromatic nitrogens is 2. The lowest BCUT2D eigenvalue weighted by molar-refractivity contribution is -0.123. The molecule has 154 valence electrons. The van der Waals surface area contributed by atoms with Gasteiger partial charge in [0.05, 0.1) is 5.69 Å². The Kier molecular flexibility index (Phi) is 5.79. The van der Waals surface area contributed by atoms with Crippen LogP contribution in [0.25, 0.3) is 11.1 Å². The lowest BCUT2D eigenvalue weighted by Crippen LogP contribution is -2.37. The molecule has 0 saturated carbocycles. The van der Waals surface area contributed by atoms with Crippen LogP contribution in [-0.4, -0.2) is 28.0 Å². The summed E-state index contributed by atoms with van der Waals surface area (Å²) in [5, 5.41) is 4.43. The molecule has 1 amide bonds. The molecule has 5 nitrogen and oxygen atoms in total. The van der Waals surface area contributed by atoms with Gasteiger partial charge in [-0.1, -0.05) is 48.5 Å². The number of carbonyl (C=O) groups excluding carboxylic acids is 2. The van der Waals surface area contributed by atoms with Crippen molar-refractivity contribution >= 4 is 17.5 Å². The molecular formula is C25H27N3O2. The minimum Gasteiger partial charge on any atom is -0.299 e. The molecule has 0 radical (unpaired) electrons. The van der Waals surface area contributed by atoms with Gasteiger partial charge in [-0.15, -0.1) is 0 Å². The second kappa shape index (κ2) is 8.66. The van der Waals surface area contributed by atoms with Crippen LogP contribution in [0.15, 0.2) is 54.6 Å². The van der Waals surface area contributed by atoms with E-state index in [1.54, 1.807) is 4.90 Å². The average molecular weight is 402 g/mol. The number of fused-ring (bicyclic) bond motifs is 1. The van der Waals surface area contributed by atoms with Crippen LogP contribution in [0.2, 0.25) is 0 Å². The highest BCUT2D eigenvalue weighted by Crippen LogP contribution is 2.25. The summed E-state index contributed by atoms with van der Waals surface area (Å²) in [5.74, 6) is 0.944. The molecule has 1 aromatic heterocycles. The first-order valence-electron chi connectivity index (χ1n) is 10.5. The largest absolute Gasteiger partial charge is 0.299 e. The zero-order valence-corrected chi connectivity index (χ0v) is 17.6. The zero-order chi connectivity index (χ0) is 21.1. The number of hydrogen-bond acceptors (Lipinski definition) is 3. The minimum absolute atomic E-state index is 0.000180. The minimum atomic E-state index is -0.000180. The van der Waals surface area contributed by atoms with Crippen molar-refractivity contribution in [2.24, 2.45) is 0 Å². The number of anilines is 1. The summed E-state index contributed by atoms with van der Waals surface area (Å²) in [6.45, 7) is 5.53. The van der Waals surface area contributed by atoms with Crippen molar-refractivity contribution in [2.75, 3.05) is 11.4 Å². The van der Waals surface area contributed by atoms with Gasteiger partial charge in [-0.25, -0.2) is 4.68 Å². The Morgan fingerprint density at radius 3 is 2.53 bits per heavy atom. The molecule has 30 heavy (non-hydrogen) atoms. The number of amides is 1. The molecule has 0 bridgehead atoms. The van der Waals surface area contributed by atoms with Crippen LogP contribution in [0, 0.1) is 13.8 Å². The van der Waals surface area contributed by atoms with Gasteiger partial charge in [0.2, 0.25) is 5.91 Å². The van der Waals surface area contributed by atoms with Crippen molar-refractivity contribution in [3.8, 4) is 11.1 Å². The van der Waals surface area contributed by atoms with Crippen LogP contribution in [0.1, 0.15) is 36.1 Å². The standard InChI is InChI=1S/C25H27N3O2/c1-18-15-20(9-11-23(18)21-7-4-3-5-8-21)17-22(29)10-12-25(30)27-13-6-14-28-24(27)16-19(2)26-28/h3-5,7-9,11,15-16H,6,10,12-14,17H2,1-2H3. The van der Waals surface area contributed by atoms with Crippen molar-refractivity contribution in [1.82, 2.24) is 9.78 Å². The molecule has 0 atom stereocenters. The number of benzene rings is 2. The first-order valence-corrected chi connectivity index (χ1v) is 10.5. The molecule has 5 heteroatoms. The van der Waals surface area contributed by atoms with E-state index < -0.39 is 0 Å². The monoisotopic (exact) mass is 401 g/mol. The summed E-state index contributed by atoms with van der Waals surface area (Å²) < 4.78 is 1.88. The van der Waals surface area contributed by atoms with Gasteiger partial charge in [0.1, 0.15) is 11.6 Å². The molecule has 0 aliphatic carbocycles. The van der Waals surface area contributed by atoms with Gasteiger partial charge < -0.3 is 0 Å². The summed E-state index contributed by atoms with van der Waals surface area (Å²) in [6.07, 6.45) is 1.76. The topological polar surface area (TPSA) is 55.2 Å². The molecule has 2 heterocycles. The van der Waals surface area contributed by atoms with Crippen LogP contribution in [-0.2, 0) is 22.6 Å². The maximum atomic E-state index is 12.7. The first-order chi connectivity index (χ1) is 14.5. The maximum Gasteiger partial charge on any atom is 0.228 e. The van der Waals surface area contributed by atoms with Gasteiger partial charge in [0.15, 0.2) is 0 Å². The Morgan fingerprint density at radius 2 is 1.77 bits per heavy atom. The Labute approximate surface area is 177 Å². The number of aryl methyl sites for hydroxylation is 3. The number of hydrogen-bond donors (Lipinski definition) is 0. The van der Waals surface area contributed by atoms with Crippen LogP contribution >= 0.6 is 0 Å². The summed E-state index contributed by atoms with van der Waals surface area (Å²) in [6, 6.07) is 18.4. The lowest BCUT2D eigenvalue weighted by Gasteiger charge is -2.27. The highest BCUT2D eigenvalue weighted by atomic mass is 16.2. The van der Waals surface area contributed by atoms with E-state index in [-0.39, 0.29) is 24.5 Å². The first kappa shape index (κ1) is 20.1. The van der Waals surface area contributed by atoms with Gasteiger partial charge in [-0.3, -0.25) is 14.5 Å². The van der Waals surface area contributed by atoms with Gasteiger partial charge in [-0.2, -0.15) is 5.10 Å². The Morgan fingerprint density at radius 1 is 0.967 bits per heavy atom. The van der Waals surface area contributed by atoms with Crippen molar-refractivity contribution in [3.05, 3.63) is 71.4 Å². The molecule has 3 aromatic rings. The van der Waals surface area contributed by atoms with E-state index in [0.29, 0.717) is 13.0 Å². The number of Topliss-reactive ketones (excluding diaryl/α,β-unsaturated/α-hetero) is 1. The van der Waals surface area contributed by atoms with Crippen LogP contribution in [0.3, 0.4) is 0 Å². The second-order valence-corrected chi connectivity index (χ2v) is 8.00. The molecule has 0 N–H and O–H groups in total. The van der Waals surface area contributed by atoms with Gasteiger partial charge in [0, 0.05) is 38.4 Å². The number of nitrogens with zero attached hydrogens (tertiary/aromatic N) is 3. The third kappa shape index (κ3) is 4.35. The number of rotatable bonds is 6. The molecule has 0 unspecified atom stereocenters. The average Bonchev–Trinajstić information content (AvgIpc) is 3.13. The van der Waals surface area contributed by atoms with Gasteiger partial charge in [0.25, 0.3) is 0 Å². The summed E-state index contributed by atoms with van der Waals surface area (Å²) in [7, 11) is 0. The predicted octanol–water partition coefficient (Wildman–Crippen LogP) is 4.50. The predicted molar refractivity (Wildman–Crippen MR) is 118 cm³/mol. The van der Waals surface area contributed by atoms with E-state index in [9.17, 15) is 9.59 Å². The fourth-order valence-electron chi connectivity index (χ4n) is 4.13. The fourth-order valence-corrected chi connectivity index (χ4v) is 4.13. The van der Waals surface area contributed by atoms with E-state index in [4.69, 9.17) is 0 Å². The van der Waals surface area contributed by atoms with Crippen molar-refractivity contribution in [2.45, 2.75) is 46.1 Å². The molecule has 2 aromatic carbocycles. The summed E-state index contributed by atoms with van der Waals surface area (Å²) >= 11 is 0. The third-order valence-electron chi connectivity index (χ3n) is 5.60. The highest BCUT2D eigenvalue weighted by Gasteiger charge is 2.24. The second-order valence-electron chi connectivity index (χ2n) is 8.00. The lowest BCUT2D eigenvalue weighted by atomic mass is 9.96. The Bertz CT molecular complexity index is 1070. The van der Waals surface area contributed by atoms with Gasteiger partial charge >= 0.3 is 0 Å². The molecule has 1 aliphatic heterocycles. The molecular weight excluding hydrogens is 374 g/mol. The zero-order valence-electron chi connectivity index (χ0n) is 17.6. The molecule has 0 saturated heterocycles. The third-order valence-corrected chi connectivity index (χ3v) is 5.60. The molecule has 0 spiro atoms. The normalized spacial score (nSPS) is 13.2. The summed E-state index contributed by atoms with van der Waals surface area (Å²) in [5.41, 5.74) is 5.42. The molecule has 1 aliphatic rings. The fraction of sp³-hybridized carbons (Fsp3) is 0.320. The van der Waals surface area contributed by atoms with E-state index in [1.807, 2.05) is 41.9 Å². The Balaban J connectivity index is 1.35. The van der Waals surface area contributed by atoms with Crippen LogP contribution in [0.4, 0.5) is 5.82 Å². The highest BCUT2D eigenvalue weighted by molar-refractivity contribution is 5.95. The van der Waals surface area contributed by atoms with Crippen molar-refractivity contribution in [3.63, 3.8) is 0 Å². The molecule has 4 rings (SSSR count). The Hall–Kier alpha value is -3.21. The van der Waals surface area contributed by atoms with E-state index >= 15 is 0 Å². The van der Waals surface area contributed by atoms with E-state index in [0.717, 1.165) is 35.6 Å². The van der Waals surface area contributed by atoms with E-state index in [2.05, 4.69) is 36.3 Å². The van der Waals surface area contributed by atoms with Crippen LogP contribution in [0.5, 0.6) is 0 Å². The maximum absolute atomic E-state index is 12.7. The van der Waals surface area contributed by atoms with E-state index in [1.165, 1.54) is 11.1 Å². The smallest absolute Gasteiger partial charge is 0.228 e. The van der Waals surface area contributed by atoms with Gasteiger partial charge in [-0.05, 0) is 42.5 Å². The SMILES string of the molecule is Cc1cc2n(n1)CCCN2C(=O)CCC(=O)Cc1ccc(-c2ccccc2)c(C)c1. The van der Waals surface area contributed by atoms with Crippen molar-refractivity contribution < 1.29 is 9.59 Å². The summed E-state index contributed by atoms with van der Waals surface area (Å²) in [4.78, 5) is 27.0. The van der Waals surface area contributed by atoms with Crippen LogP contribution < -0.4 is 4.90 Å². The number of ketones is 1. The van der Waals surface area contributed by atoms with Crippen molar-refractivity contribution in [1.29, 1.82) is 0 Å². The molecule has 0 fully saturated rings. The number of carbonyl (C=O) groups is 2.